The van der Waals surface area contributed by atoms with Crippen LogP contribution in [0.15, 0.2) is 29.6 Å². The van der Waals surface area contributed by atoms with Crippen LogP contribution in [0.25, 0.3) is 0 Å². The molecular formula is C20H25N3O3S. The molecule has 1 aliphatic rings. The van der Waals surface area contributed by atoms with Gasteiger partial charge in [-0.25, -0.2) is 4.98 Å². The number of hydrogen-bond donors (Lipinski definition) is 2. The molecule has 0 spiro atoms. The third kappa shape index (κ3) is 5.29. The van der Waals surface area contributed by atoms with Crippen molar-refractivity contribution in [1.29, 1.82) is 0 Å². The summed E-state index contributed by atoms with van der Waals surface area (Å²) in [5.74, 6) is 0.949. The van der Waals surface area contributed by atoms with Crippen LogP contribution in [-0.4, -0.2) is 39.9 Å². The Bertz CT molecular complexity index is 820. The normalized spacial score (nSPS) is 20.1. The predicted octanol–water partition coefficient (Wildman–Crippen LogP) is 3.54. The number of phenols is 1. The van der Waals surface area contributed by atoms with Crippen molar-refractivity contribution in [3.05, 3.63) is 40.9 Å². The largest absolute Gasteiger partial charge is 0.508 e. The highest BCUT2D eigenvalue weighted by atomic mass is 32.1. The molecule has 7 heteroatoms. The molecule has 3 rings (SSSR count). The molecule has 2 atom stereocenters. The number of benzene rings is 1. The standard InChI is InChI=1S/C20H25N3O3S/c1-13-6-7-23(11-14(2)8-13)18(25)10-16-12-27-20(21-16)22-19(26)15-4-3-5-17(24)9-15/h3-5,9,12-14,24H,6-8,10-11H2,1-2H3,(H,21,22,26)/t13-,14-/m0/s1. The van der Waals surface area contributed by atoms with E-state index in [9.17, 15) is 14.7 Å². The van der Waals surface area contributed by atoms with Gasteiger partial charge >= 0.3 is 0 Å². The van der Waals surface area contributed by atoms with E-state index in [1.807, 2.05) is 4.90 Å². The van der Waals surface area contributed by atoms with Crippen LogP contribution in [0.1, 0.15) is 42.7 Å². The smallest absolute Gasteiger partial charge is 0.257 e. The maximum Gasteiger partial charge on any atom is 0.257 e. The van der Waals surface area contributed by atoms with Gasteiger partial charge in [-0.05, 0) is 42.9 Å². The summed E-state index contributed by atoms with van der Waals surface area (Å²) in [6.07, 6.45) is 2.45. The molecule has 27 heavy (non-hydrogen) atoms. The maximum absolute atomic E-state index is 12.6. The first-order valence-corrected chi connectivity index (χ1v) is 10.1. The number of aromatic hydroxyl groups is 1. The van der Waals surface area contributed by atoms with Crippen molar-refractivity contribution >= 4 is 28.3 Å². The zero-order valence-corrected chi connectivity index (χ0v) is 16.5. The Balaban J connectivity index is 1.59. The number of anilines is 1. The van der Waals surface area contributed by atoms with E-state index in [0.717, 1.165) is 25.9 Å². The van der Waals surface area contributed by atoms with Gasteiger partial charge in [-0.1, -0.05) is 19.9 Å². The van der Waals surface area contributed by atoms with Crippen LogP contribution >= 0.6 is 11.3 Å². The van der Waals surface area contributed by atoms with E-state index < -0.39 is 0 Å². The fraction of sp³-hybridized carbons (Fsp3) is 0.450. The molecule has 1 fully saturated rings. The molecule has 0 saturated carbocycles. The van der Waals surface area contributed by atoms with E-state index in [1.54, 1.807) is 17.5 Å². The van der Waals surface area contributed by atoms with Crippen LogP contribution in [0.5, 0.6) is 5.75 Å². The van der Waals surface area contributed by atoms with Gasteiger partial charge in [0.2, 0.25) is 5.91 Å². The lowest BCUT2D eigenvalue weighted by Gasteiger charge is -2.22. The van der Waals surface area contributed by atoms with Gasteiger partial charge in [-0.3, -0.25) is 14.9 Å². The van der Waals surface area contributed by atoms with E-state index in [2.05, 4.69) is 24.1 Å². The number of carbonyl (C=O) groups is 2. The number of phenolic OH excluding ortho intramolecular Hbond substituents is 1. The van der Waals surface area contributed by atoms with E-state index in [1.165, 1.54) is 23.5 Å². The van der Waals surface area contributed by atoms with Crippen LogP contribution in [0.3, 0.4) is 0 Å². The van der Waals surface area contributed by atoms with Gasteiger partial charge in [-0.2, -0.15) is 0 Å². The topological polar surface area (TPSA) is 82.5 Å². The first-order chi connectivity index (χ1) is 12.9. The second-order valence-electron chi connectivity index (χ2n) is 7.40. The molecule has 0 unspecified atom stereocenters. The third-order valence-corrected chi connectivity index (χ3v) is 5.60. The molecule has 1 aromatic carbocycles. The van der Waals surface area contributed by atoms with Crippen molar-refractivity contribution in [3.8, 4) is 5.75 Å². The lowest BCUT2D eigenvalue weighted by molar-refractivity contribution is -0.130. The molecule has 2 aromatic rings. The fourth-order valence-electron chi connectivity index (χ4n) is 3.48. The molecule has 0 radical (unpaired) electrons. The number of aromatic nitrogens is 1. The quantitative estimate of drug-likeness (QED) is 0.841. The molecule has 144 valence electrons. The number of likely N-dealkylation sites (tertiary alicyclic amines) is 1. The zero-order valence-electron chi connectivity index (χ0n) is 15.6. The van der Waals surface area contributed by atoms with Gasteiger partial charge < -0.3 is 10.0 Å². The molecule has 1 saturated heterocycles. The van der Waals surface area contributed by atoms with Crippen molar-refractivity contribution in [2.45, 2.75) is 33.1 Å². The SMILES string of the molecule is C[C@H]1CCN(C(=O)Cc2csc(NC(=O)c3cccc(O)c3)n2)C[C@@H](C)C1. The van der Waals surface area contributed by atoms with Crippen LogP contribution in [0.4, 0.5) is 5.13 Å². The Morgan fingerprint density at radius 2 is 2.15 bits per heavy atom. The minimum Gasteiger partial charge on any atom is -0.508 e. The molecule has 1 aromatic heterocycles. The lowest BCUT2D eigenvalue weighted by atomic mass is 9.97. The number of rotatable bonds is 4. The number of carbonyl (C=O) groups excluding carboxylic acids is 2. The highest BCUT2D eigenvalue weighted by Crippen LogP contribution is 2.23. The second kappa shape index (κ2) is 8.52. The van der Waals surface area contributed by atoms with Crippen molar-refractivity contribution in [3.63, 3.8) is 0 Å². The molecule has 2 heterocycles. The average Bonchev–Trinajstić information content (AvgIpc) is 2.96. The third-order valence-electron chi connectivity index (χ3n) is 4.79. The van der Waals surface area contributed by atoms with Crippen molar-refractivity contribution < 1.29 is 14.7 Å². The summed E-state index contributed by atoms with van der Waals surface area (Å²) in [5, 5.41) is 14.4. The minimum absolute atomic E-state index is 0.0362. The second-order valence-corrected chi connectivity index (χ2v) is 8.26. The highest BCUT2D eigenvalue weighted by Gasteiger charge is 2.23. The molecular weight excluding hydrogens is 362 g/mol. The first kappa shape index (κ1) is 19.4. The van der Waals surface area contributed by atoms with E-state index in [-0.39, 0.29) is 24.0 Å². The Kier molecular flexibility index (Phi) is 6.11. The Labute approximate surface area is 163 Å². The Morgan fingerprint density at radius 3 is 2.93 bits per heavy atom. The summed E-state index contributed by atoms with van der Waals surface area (Å²) >= 11 is 1.29. The molecule has 6 nitrogen and oxygen atoms in total. The summed E-state index contributed by atoms with van der Waals surface area (Å²) in [6, 6.07) is 6.14. The highest BCUT2D eigenvalue weighted by molar-refractivity contribution is 7.14. The Morgan fingerprint density at radius 1 is 1.33 bits per heavy atom. The number of nitrogens with zero attached hydrogens (tertiary/aromatic N) is 2. The van der Waals surface area contributed by atoms with Gasteiger partial charge in [0.05, 0.1) is 12.1 Å². The van der Waals surface area contributed by atoms with Gasteiger partial charge in [0.25, 0.3) is 5.91 Å². The van der Waals surface area contributed by atoms with Gasteiger partial charge in [0.15, 0.2) is 5.13 Å². The maximum atomic E-state index is 12.6. The Hall–Kier alpha value is -2.41. The van der Waals surface area contributed by atoms with Crippen LogP contribution in [0.2, 0.25) is 0 Å². The van der Waals surface area contributed by atoms with Crippen molar-refractivity contribution in [2.75, 3.05) is 18.4 Å². The molecule has 2 N–H and O–H groups in total. The first-order valence-electron chi connectivity index (χ1n) is 9.23. The molecule has 2 amide bonds. The zero-order chi connectivity index (χ0) is 19.4. The number of hydrogen-bond acceptors (Lipinski definition) is 5. The number of nitrogens with one attached hydrogen (secondary N) is 1. The summed E-state index contributed by atoms with van der Waals surface area (Å²) in [4.78, 5) is 31.2. The van der Waals surface area contributed by atoms with Crippen LogP contribution in [0, 0.1) is 11.8 Å². The molecule has 0 bridgehead atoms. The average molecular weight is 388 g/mol. The van der Waals surface area contributed by atoms with Crippen LogP contribution in [-0.2, 0) is 11.2 Å². The number of amides is 2. The van der Waals surface area contributed by atoms with Crippen molar-refractivity contribution in [2.24, 2.45) is 11.8 Å². The monoisotopic (exact) mass is 387 g/mol. The summed E-state index contributed by atoms with van der Waals surface area (Å²) in [7, 11) is 0. The summed E-state index contributed by atoms with van der Waals surface area (Å²) in [5.41, 5.74) is 1.02. The van der Waals surface area contributed by atoms with Gasteiger partial charge in [-0.15, -0.1) is 11.3 Å². The molecule has 0 aliphatic carbocycles. The van der Waals surface area contributed by atoms with E-state index in [0.29, 0.717) is 28.2 Å². The van der Waals surface area contributed by atoms with Gasteiger partial charge in [0, 0.05) is 24.0 Å². The lowest BCUT2D eigenvalue weighted by Crippen LogP contribution is -2.35. The summed E-state index contributed by atoms with van der Waals surface area (Å²) in [6.45, 7) is 6.04. The van der Waals surface area contributed by atoms with Crippen molar-refractivity contribution in [1.82, 2.24) is 9.88 Å². The van der Waals surface area contributed by atoms with Crippen LogP contribution < -0.4 is 5.32 Å². The van der Waals surface area contributed by atoms with Gasteiger partial charge in [0.1, 0.15) is 5.75 Å². The molecule has 1 aliphatic heterocycles. The van der Waals surface area contributed by atoms with E-state index in [4.69, 9.17) is 0 Å². The minimum atomic E-state index is -0.339. The summed E-state index contributed by atoms with van der Waals surface area (Å²) < 4.78 is 0. The number of thiazole rings is 1. The fourth-order valence-corrected chi connectivity index (χ4v) is 4.18. The predicted molar refractivity (Wildman–Crippen MR) is 106 cm³/mol. The van der Waals surface area contributed by atoms with E-state index >= 15 is 0 Å².